The molecule has 1 fully saturated rings. The molecule has 0 aliphatic carbocycles. The van der Waals surface area contributed by atoms with Gasteiger partial charge in [0.25, 0.3) is 0 Å². The maximum Gasteiger partial charge on any atom is 0.236 e. The van der Waals surface area contributed by atoms with Gasteiger partial charge in [-0.25, -0.2) is 4.98 Å². The standard InChI is InChI=1S/C18H29N5O2.2ClH/c1-14(2)13-15(19)18(25)21-8-6-17(24)23-11-9-22(10-12-23)16-5-3-4-7-20-16;;/h3-5,7,14-15H,6,8-13,19H2,1-2H3,(H,21,25);2*1H/t15-;;/m0../s1. The number of nitrogens with one attached hydrogen (secondary N) is 1. The minimum absolute atomic E-state index is 0. The van der Waals surface area contributed by atoms with Gasteiger partial charge >= 0.3 is 0 Å². The van der Waals surface area contributed by atoms with Crippen molar-refractivity contribution in [3.63, 3.8) is 0 Å². The number of nitrogens with two attached hydrogens (primary N) is 1. The van der Waals surface area contributed by atoms with Crippen LogP contribution in [-0.4, -0.2) is 60.5 Å². The third-order valence-corrected chi connectivity index (χ3v) is 4.31. The Hall–Kier alpha value is -1.57. The van der Waals surface area contributed by atoms with E-state index in [1.54, 1.807) is 6.20 Å². The van der Waals surface area contributed by atoms with Crippen LogP contribution >= 0.6 is 24.8 Å². The van der Waals surface area contributed by atoms with Crippen LogP contribution < -0.4 is 16.0 Å². The van der Waals surface area contributed by atoms with E-state index in [9.17, 15) is 9.59 Å². The summed E-state index contributed by atoms with van der Waals surface area (Å²) in [6.07, 6.45) is 2.73. The molecular weight excluding hydrogens is 389 g/mol. The summed E-state index contributed by atoms with van der Waals surface area (Å²) >= 11 is 0. The second-order valence-electron chi connectivity index (χ2n) is 6.83. The van der Waals surface area contributed by atoms with Crippen LogP contribution in [0.25, 0.3) is 0 Å². The molecule has 0 radical (unpaired) electrons. The van der Waals surface area contributed by atoms with Gasteiger partial charge < -0.3 is 20.9 Å². The van der Waals surface area contributed by atoms with Gasteiger partial charge in [-0.2, -0.15) is 0 Å². The molecule has 1 aromatic heterocycles. The molecule has 2 amide bonds. The molecule has 3 N–H and O–H groups in total. The van der Waals surface area contributed by atoms with E-state index in [0.717, 1.165) is 18.9 Å². The third-order valence-electron chi connectivity index (χ3n) is 4.31. The summed E-state index contributed by atoms with van der Waals surface area (Å²) in [5.41, 5.74) is 5.83. The van der Waals surface area contributed by atoms with Gasteiger partial charge in [-0.1, -0.05) is 19.9 Å². The highest BCUT2D eigenvalue weighted by Gasteiger charge is 2.22. The number of hydrogen-bond acceptors (Lipinski definition) is 5. The van der Waals surface area contributed by atoms with E-state index in [1.807, 2.05) is 36.9 Å². The van der Waals surface area contributed by atoms with Crippen molar-refractivity contribution >= 4 is 42.4 Å². The highest BCUT2D eigenvalue weighted by molar-refractivity contribution is 5.85. The fraction of sp³-hybridized carbons (Fsp3) is 0.611. The molecule has 2 heterocycles. The van der Waals surface area contributed by atoms with E-state index < -0.39 is 6.04 Å². The number of aromatic nitrogens is 1. The summed E-state index contributed by atoms with van der Waals surface area (Å²) in [7, 11) is 0. The molecular formula is C18H31Cl2N5O2. The predicted octanol–water partition coefficient (Wildman–Crippen LogP) is 1.45. The lowest BCUT2D eigenvalue weighted by Crippen LogP contribution is -2.49. The zero-order valence-corrected chi connectivity index (χ0v) is 17.6. The van der Waals surface area contributed by atoms with Crippen LogP contribution in [0, 0.1) is 5.92 Å². The Kier molecular flexibility index (Phi) is 12.0. The Labute approximate surface area is 173 Å². The minimum Gasteiger partial charge on any atom is -0.354 e. The van der Waals surface area contributed by atoms with Gasteiger partial charge in [0, 0.05) is 45.3 Å². The summed E-state index contributed by atoms with van der Waals surface area (Å²) < 4.78 is 0. The molecule has 154 valence electrons. The molecule has 0 saturated carbocycles. The number of nitrogens with zero attached hydrogens (tertiary/aromatic N) is 3. The number of hydrogen-bond donors (Lipinski definition) is 2. The maximum absolute atomic E-state index is 12.3. The number of carbonyl (C=O) groups excluding carboxylic acids is 2. The summed E-state index contributed by atoms with van der Waals surface area (Å²) in [6.45, 7) is 7.29. The minimum atomic E-state index is -0.503. The van der Waals surface area contributed by atoms with Crippen LogP contribution in [0.1, 0.15) is 26.7 Å². The van der Waals surface area contributed by atoms with Gasteiger partial charge in [0.1, 0.15) is 5.82 Å². The van der Waals surface area contributed by atoms with Crippen molar-refractivity contribution in [2.75, 3.05) is 37.6 Å². The summed E-state index contributed by atoms with van der Waals surface area (Å²) in [4.78, 5) is 32.5. The SMILES string of the molecule is CC(C)C[C@H](N)C(=O)NCCC(=O)N1CCN(c2ccccn2)CC1.Cl.Cl. The molecule has 9 heteroatoms. The fourth-order valence-electron chi connectivity index (χ4n) is 2.92. The van der Waals surface area contributed by atoms with E-state index in [4.69, 9.17) is 5.73 Å². The van der Waals surface area contributed by atoms with Crippen molar-refractivity contribution in [2.24, 2.45) is 11.7 Å². The molecule has 0 spiro atoms. The highest BCUT2D eigenvalue weighted by Crippen LogP contribution is 2.12. The predicted molar refractivity (Wildman–Crippen MR) is 113 cm³/mol. The highest BCUT2D eigenvalue weighted by atomic mass is 35.5. The van der Waals surface area contributed by atoms with Crippen molar-refractivity contribution in [2.45, 2.75) is 32.7 Å². The molecule has 2 rings (SSSR count). The van der Waals surface area contributed by atoms with Gasteiger partial charge in [-0.3, -0.25) is 9.59 Å². The lowest BCUT2D eigenvalue weighted by molar-refractivity contribution is -0.131. The Morgan fingerprint density at radius 2 is 1.85 bits per heavy atom. The number of rotatable bonds is 7. The van der Waals surface area contributed by atoms with E-state index in [-0.39, 0.29) is 36.6 Å². The number of pyridine rings is 1. The summed E-state index contributed by atoms with van der Waals surface area (Å²) in [5.74, 6) is 1.21. The Bertz CT molecular complexity index is 566. The van der Waals surface area contributed by atoms with Gasteiger partial charge in [-0.05, 0) is 24.5 Å². The Morgan fingerprint density at radius 1 is 1.19 bits per heavy atom. The number of halogens is 2. The zero-order valence-electron chi connectivity index (χ0n) is 16.0. The summed E-state index contributed by atoms with van der Waals surface area (Å²) in [6, 6.07) is 5.34. The topological polar surface area (TPSA) is 91.6 Å². The first-order valence-electron chi connectivity index (χ1n) is 8.94. The summed E-state index contributed by atoms with van der Waals surface area (Å²) in [5, 5.41) is 2.76. The van der Waals surface area contributed by atoms with Crippen LogP contribution in [0.2, 0.25) is 0 Å². The van der Waals surface area contributed by atoms with Crippen LogP contribution in [0.3, 0.4) is 0 Å². The second-order valence-corrected chi connectivity index (χ2v) is 6.83. The van der Waals surface area contributed by atoms with Crippen LogP contribution in [0.4, 0.5) is 5.82 Å². The van der Waals surface area contributed by atoms with Gasteiger partial charge in [-0.15, -0.1) is 24.8 Å². The molecule has 0 bridgehead atoms. The van der Waals surface area contributed by atoms with Crippen LogP contribution in [0.5, 0.6) is 0 Å². The van der Waals surface area contributed by atoms with Crippen molar-refractivity contribution < 1.29 is 9.59 Å². The number of amides is 2. The van der Waals surface area contributed by atoms with Crippen molar-refractivity contribution in [1.82, 2.24) is 15.2 Å². The first-order valence-corrected chi connectivity index (χ1v) is 8.94. The Morgan fingerprint density at radius 3 is 2.41 bits per heavy atom. The van der Waals surface area contributed by atoms with Crippen LogP contribution in [0.15, 0.2) is 24.4 Å². The average Bonchev–Trinajstić information content (AvgIpc) is 2.61. The molecule has 7 nitrogen and oxygen atoms in total. The third kappa shape index (κ3) is 8.32. The Balaban J connectivity index is 0.00000338. The molecule has 1 aliphatic heterocycles. The smallest absolute Gasteiger partial charge is 0.236 e. The van der Waals surface area contributed by atoms with Gasteiger partial charge in [0.2, 0.25) is 11.8 Å². The number of piperazine rings is 1. The van der Waals surface area contributed by atoms with E-state index >= 15 is 0 Å². The molecule has 0 unspecified atom stereocenters. The molecule has 1 aliphatic rings. The largest absolute Gasteiger partial charge is 0.354 e. The van der Waals surface area contributed by atoms with E-state index in [1.165, 1.54) is 0 Å². The van der Waals surface area contributed by atoms with Crippen LogP contribution in [-0.2, 0) is 9.59 Å². The lowest BCUT2D eigenvalue weighted by Gasteiger charge is -2.35. The molecule has 0 aromatic carbocycles. The number of anilines is 1. The normalized spacial score (nSPS) is 14.8. The number of carbonyl (C=O) groups is 2. The van der Waals surface area contributed by atoms with Crippen molar-refractivity contribution in [3.8, 4) is 0 Å². The monoisotopic (exact) mass is 419 g/mol. The van der Waals surface area contributed by atoms with Gasteiger partial charge in [0.15, 0.2) is 0 Å². The fourth-order valence-corrected chi connectivity index (χ4v) is 2.92. The molecule has 1 aromatic rings. The molecule has 27 heavy (non-hydrogen) atoms. The van der Waals surface area contributed by atoms with Gasteiger partial charge in [0.05, 0.1) is 6.04 Å². The van der Waals surface area contributed by atoms with E-state index in [0.29, 0.717) is 38.4 Å². The lowest BCUT2D eigenvalue weighted by atomic mass is 10.0. The van der Waals surface area contributed by atoms with Crippen molar-refractivity contribution in [1.29, 1.82) is 0 Å². The molecule has 1 atom stereocenters. The quantitative estimate of drug-likeness (QED) is 0.697. The van der Waals surface area contributed by atoms with E-state index in [2.05, 4.69) is 15.2 Å². The first kappa shape index (κ1) is 25.4. The maximum atomic E-state index is 12.3. The molecule has 1 saturated heterocycles. The zero-order chi connectivity index (χ0) is 18.2. The first-order chi connectivity index (χ1) is 12.0. The van der Waals surface area contributed by atoms with Crippen molar-refractivity contribution in [3.05, 3.63) is 24.4 Å². The second kappa shape index (κ2) is 12.8. The average molecular weight is 420 g/mol.